The van der Waals surface area contributed by atoms with Gasteiger partial charge in [0.1, 0.15) is 0 Å². The molecule has 1 heterocycles. The Hall–Kier alpha value is -0.530. The van der Waals surface area contributed by atoms with Gasteiger partial charge >= 0.3 is 0 Å². The maximum atomic E-state index is 6.07. The van der Waals surface area contributed by atoms with Crippen molar-refractivity contribution >= 4 is 11.6 Å². The Bertz CT molecular complexity index is 375. The second-order valence-corrected chi connectivity index (χ2v) is 5.51. The molecule has 0 N–H and O–H groups in total. The van der Waals surface area contributed by atoms with Crippen LogP contribution in [0.4, 0.5) is 0 Å². The second-order valence-electron chi connectivity index (χ2n) is 5.20. The van der Waals surface area contributed by atoms with Gasteiger partial charge in [0.15, 0.2) is 0 Å². The number of piperidine rings is 1. The van der Waals surface area contributed by atoms with Crippen molar-refractivity contribution in [3.63, 3.8) is 0 Å². The molecule has 0 amide bonds. The van der Waals surface area contributed by atoms with E-state index in [1.807, 2.05) is 0 Å². The van der Waals surface area contributed by atoms with Crippen LogP contribution in [-0.2, 0) is 6.54 Å². The van der Waals surface area contributed by atoms with Crippen molar-refractivity contribution in [3.8, 4) is 0 Å². The molecule has 1 nitrogen and oxygen atoms in total. The minimum Gasteiger partial charge on any atom is -0.295 e. The summed E-state index contributed by atoms with van der Waals surface area (Å²) in [6.45, 7) is 6.63. The summed E-state index contributed by atoms with van der Waals surface area (Å²) in [4.78, 5) is 2.55. The van der Waals surface area contributed by atoms with E-state index in [1.54, 1.807) is 0 Å². The minimum atomic E-state index is 0.574. The van der Waals surface area contributed by atoms with Crippen molar-refractivity contribution in [3.05, 3.63) is 34.9 Å². The molecular weight excluding hydrogens is 230 g/mol. The van der Waals surface area contributed by atoms with Crippen LogP contribution in [0, 0.1) is 13.8 Å². The fraction of sp³-hybridized carbons (Fsp3) is 0.600. The Morgan fingerprint density at radius 3 is 2.88 bits per heavy atom. The van der Waals surface area contributed by atoms with Gasteiger partial charge in [-0.1, -0.05) is 30.2 Å². The Morgan fingerprint density at radius 2 is 2.12 bits per heavy atom. The highest BCUT2D eigenvalue weighted by Crippen LogP contribution is 2.22. The van der Waals surface area contributed by atoms with Gasteiger partial charge in [-0.2, -0.15) is 0 Å². The van der Waals surface area contributed by atoms with E-state index in [2.05, 4.69) is 36.9 Å². The first kappa shape index (κ1) is 12.9. The molecule has 1 aliphatic rings. The average Bonchev–Trinajstić information content (AvgIpc) is 2.34. The molecule has 1 saturated heterocycles. The fourth-order valence-corrected chi connectivity index (χ4v) is 2.98. The van der Waals surface area contributed by atoms with Crippen LogP contribution >= 0.6 is 11.6 Å². The summed E-state index contributed by atoms with van der Waals surface area (Å²) >= 11 is 6.07. The van der Waals surface area contributed by atoms with E-state index in [-0.39, 0.29) is 0 Å². The Labute approximate surface area is 110 Å². The summed E-state index contributed by atoms with van der Waals surface area (Å²) < 4.78 is 0. The van der Waals surface area contributed by atoms with Crippen LogP contribution in [0.25, 0.3) is 0 Å². The van der Waals surface area contributed by atoms with Gasteiger partial charge in [0.25, 0.3) is 0 Å². The molecule has 1 aromatic carbocycles. The number of alkyl halides is 1. The van der Waals surface area contributed by atoms with Crippen LogP contribution in [-0.4, -0.2) is 23.4 Å². The summed E-state index contributed by atoms with van der Waals surface area (Å²) in [7, 11) is 0. The Kier molecular flexibility index (Phi) is 4.47. The summed E-state index contributed by atoms with van der Waals surface area (Å²) in [5.74, 6) is 0.769. The SMILES string of the molecule is Cc1ccc(C)c(CN2CCCCC2CCl)c1. The maximum absolute atomic E-state index is 6.07. The molecule has 1 fully saturated rings. The molecular formula is C15H22ClN. The molecule has 0 saturated carbocycles. The van der Waals surface area contributed by atoms with Crippen LogP contribution in [0.1, 0.15) is 36.0 Å². The summed E-state index contributed by atoms with van der Waals surface area (Å²) in [5.41, 5.74) is 4.21. The van der Waals surface area contributed by atoms with Gasteiger partial charge in [-0.15, -0.1) is 11.6 Å². The van der Waals surface area contributed by atoms with Gasteiger partial charge in [0, 0.05) is 18.5 Å². The number of benzene rings is 1. The van der Waals surface area contributed by atoms with Crippen molar-refractivity contribution in [2.75, 3.05) is 12.4 Å². The number of nitrogens with zero attached hydrogens (tertiary/aromatic N) is 1. The van der Waals surface area contributed by atoms with E-state index in [0.717, 1.165) is 12.4 Å². The lowest BCUT2D eigenvalue weighted by molar-refractivity contribution is 0.154. The fourth-order valence-electron chi connectivity index (χ4n) is 2.63. The molecule has 17 heavy (non-hydrogen) atoms. The lowest BCUT2D eigenvalue weighted by Crippen LogP contribution is -2.40. The van der Waals surface area contributed by atoms with Gasteiger partial charge in [-0.05, 0) is 44.4 Å². The predicted octanol–water partition coefficient (Wildman–Crippen LogP) is 3.90. The first-order chi connectivity index (χ1) is 8.20. The molecule has 94 valence electrons. The topological polar surface area (TPSA) is 3.24 Å². The van der Waals surface area contributed by atoms with E-state index in [4.69, 9.17) is 11.6 Å². The molecule has 0 spiro atoms. The van der Waals surface area contributed by atoms with E-state index in [1.165, 1.54) is 42.5 Å². The number of hydrogen-bond donors (Lipinski definition) is 0. The molecule has 1 aromatic rings. The maximum Gasteiger partial charge on any atom is 0.0379 e. The zero-order chi connectivity index (χ0) is 12.3. The third kappa shape index (κ3) is 3.23. The second kappa shape index (κ2) is 5.88. The molecule has 0 aromatic heterocycles. The lowest BCUT2D eigenvalue weighted by atomic mass is 10.00. The normalized spacial score (nSPS) is 21.7. The highest BCUT2D eigenvalue weighted by atomic mass is 35.5. The Balaban J connectivity index is 2.10. The minimum absolute atomic E-state index is 0.574. The molecule has 2 rings (SSSR count). The van der Waals surface area contributed by atoms with E-state index < -0.39 is 0 Å². The van der Waals surface area contributed by atoms with Crippen molar-refractivity contribution in [1.29, 1.82) is 0 Å². The first-order valence-corrected chi connectivity index (χ1v) is 7.10. The highest BCUT2D eigenvalue weighted by Gasteiger charge is 2.21. The molecule has 1 unspecified atom stereocenters. The summed E-state index contributed by atoms with van der Waals surface area (Å²) in [6.07, 6.45) is 3.91. The average molecular weight is 252 g/mol. The van der Waals surface area contributed by atoms with Gasteiger partial charge in [0.2, 0.25) is 0 Å². The lowest BCUT2D eigenvalue weighted by Gasteiger charge is -2.35. The molecule has 2 heteroatoms. The standard InChI is InChI=1S/C15H22ClN/c1-12-6-7-13(2)14(9-12)11-17-8-4-3-5-15(17)10-16/h6-7,9,15H,3-5,8,10-11H2,1-2H3. The molecule has 0 radical (unpaired) electrons. The third-order valence-corrected chi connectivity index (χ3v) is 4.16. The zero-order valence-corrected chi connectivity index (χ0v) is 11.6. The number of rotatable bonds is 3. The molecule has 1 atom stereocenters. The van der Waals surface area contributed by atoms with Crippen molar-refractivity contribution in [2.24, 2.45) is 0 Å². The largest absolute Gasteiger partial charge is 0.295 e. The smallest absolute Gasteiger partial charge is 0.0379 e. The van der Waals surface area contributed by atoms with Gasteiger partial charge in [-0.25, -0.2) is 0 Å². The van der Waals surface area contributed by atoms with Crippen LogP contribution in [0.5, 0.6) is 0 Å². The van der Waals surface area contributed by atoms with Crippen LogP contribution in [0.2, 0.25) is 0 Å². The van der Waals surface area contributed by atoms with Crippen LogP contribution < -0.4 is 0 Å². The predicted molar refractivity (Wildman–Crippen MR) is 74.7 cm³/mol. The quantitative estimate of drug-likeness (QED) is 0.737. The van der Waals surface area contributed by atoms with Crippen molar-refractivity contribution in [1.82, 2.24) is 4.90 Å². The zero-order valence-electron chi connectivity index (χ0n) is 10.9. The molecule has 1 aliphatic heterocycles. The van der Waals surface area contributed by atoms with E-state index in [9.17, 15) is 0 Å². The number of halogens is 1. The van der Waals surface area contributed by atoms with Crippen LogP contribution in [0.15, 0.2) is 18.2 Å². The summed E-state index contributed by atoms with van der Waals surface area (Å²) in [6, 6.07) is 7.30. The van der Waals surface area contributed by atoms with E-state index in [0.29, 0.717) is 6.04 Å². The number of likely N-dealkylation sites (tertiary alicyclic amines) is 1. The van der Waals surface area contributed by atoms with Gasteiger partial charge < -0.3 is 0 Å². The monoisotopic (exact) mass is 251 g/mol. The number of hydrogen-bond acceptors (Lipinski definition) is 1. The molecule has 0 bridgehead atoms. The van der Waals surface area contributed by atoms with Crippen molar-refractivity contribution in [2.45, 2.75) is 45.7 Å². The van der Waals surface area contributed by atoms with Gasteiger partial charge in [-0.3, -0.25) is 4.90 Å². The van der Waals surface area contributed by atoms with Crippen molar-refractivity contribution < 1.29 is 0 Å². The van der Waals surface area contributed by atoms with Crippen LogP contribution in [0.3, 0.4) is 0 Å². The highest BCUT2D eigenvalue weighted by molar-refractivity contribution is 6.18. The number of aryl methyl sites for hydroxylation is 2. The summed E-state index contributed by atoms with van der Waals surface area (Å²) in [5, 5.41) is 0. The first-order valence-electron chi connectivity index (χ1n) is 6.57. The Morgan fingerprint density at radius 1 is 1.29 bits per heavy atom. The van der Waals surface area contributed by atoms with E-state index >= 15 is 0 Å². The van der Waals surface area contributed by atoms with Gasteiger partial charge in [0.05, 0.1) is 0 Å². The third-order valence-electron chi connectivity index (χ3n) is 3.81. The molecule has 0 aliphatic carbocycles.